The van der Waals surface area contributed by atoms with Crippen molar-refractivity contribution in [2.75, 3.05) is 4.90 Å². The minimum atomic E-state index is -0.137. The maximum atomic E-state index is 2.63. The third-order valence-electron chi connectivity index (χ3n) is 12.6. The zero-order valence-corrected chi connectivity index (χ0v) is 32.2. The second-order valence-corrected chi connectivity index (χ2v) is 16.0. The summed E-state index contributed by atoms with van der Waals surface area (Å²) in [4.78, 5) is 2.63. The number of aromatic nitrogens is 1. The van der Waals surface area contributed by atoms with Crippen LogP contribution in [0, 0.1) is 0 Å². The largest absolute Gasteiger partial charge is 0.332 e. The van der Waals surface area contributed by atoms with E-state index >= 15 is 0 Å². The molecule has 272 valence electrons. The summed E-state index contributed by atoms with van der Waals surface area (Å²) in [5, 5.41) is 5.06. The van der Waals surface area contributed by atoms with Gasteiger partial charge in [0.25, 0.3) is 0 Å². The summed E-state index contributed by atoms with van der Waals surface area (Å²) < 4.78 is 2.57. The van der Waals surface area contributed by atoms with Crippen LogP contribution in [0.25, 0.3) is 66.0 Å². The molecule has 0 amide bonds. The first-order chi connectivity index (χ1) is 28.1. The van der Waals surface area contributed by atoms with Gasteiger partial charge in [-0.1, -0.05) is 190 Å². The minimum absolute atomic E-state index is 0.00119. The SMILES string of the molecule is CC1(C)c2ccccc2-c2ccc(N(c3ccccc3-c3cccc4cccc(-c5ccccc5)c34)C3C=CC=CC3n3c4ccccc4c4ccccc43)cc21. The summed E-state index contributed by atoms with van der Waals surface area (Å²) in [6.45, 7) is 4.76. The number of fused-ring (bicyclic) bond motifs is 7. The Labute approximate surface area is 334 Å². The molecule has 8 aromatic carbocycles. The number of nitrogens with zero attached hydrogens (tertiary/aromatic N) is 2. The number of para-hydroxylation sites is 3. The van der Waals surface area contributed by atoms with Crippen LogP contribution in [0.15, 0.2) is 206 Å². The first kappa shape index (κ1) is 33.4. The van der Waals surface area contributed by atoms with Gasteiger partial charge in [-0.05, 0) is 80.0 Å². The molecule has 2 aliphatic carbocycles. The van der Waals surface area contributed by atoms with Crippen molar-refractivity contribution in [2.24, 2.45) is 0 Å². The molecule has 0 N–H and O–H groups in total. The molecule has 0 bridgehead atoms. The molecule has 57 heavy (non-hydrogen) atoms. The van der Waals surface area contributed by atoms with Gasteiger partial charge in [-0.15, -0.1) is 0 Å². The first-order valence-corrected chi connectivity index (χ1v) is 20.1. The molecule has 2 heteroatoms. The van der Waals surface area contributed by atoms with E-state index in [1.54, 1.807) is 0 Å². The lowest BCUT2D eigenvalue weighted by Gasteiger charge is -2.40. The molecule has 2 aliphatic rings. The molecule has 2 atom stereocenters. The fraction of sp³-hybridized carbons (Fsp3) is 0.0909. The van der Waals surface area contributed by atoms with Crippen molar-refractivity contribution in [3.63, 3.8) is 0 Å². The third kappa shape index (κ3) is 5.17. The maximum absolute atomic E-state index is 2.63. The van der Waals surface area contributed by atoms with Crippen molar-refractivity contribution < 1.29 is 0 Å². The molecule has 1 heterocycles. The van der Waals surface area contributed by atoms with Crippen LogP contribution in [0.1, 0.15) is 31.0 Å². The van der Waals surface area contributed by atoms with Crippen molar-refractivity contribution in [1.82, 2.24) is 4.57 Å². The Balaban J connectivity index is 1.18. The molecule has 0 saturated heterocycles. The van der Waals surface area contributed by atoms with E-state index in [0.717, 1.165) is 0 Å². The molecule has 0 spiro atoms. The highest BCUT2D eigenvalue weighted by Crippen LogP contribution is 2.52. The lowest BCUT2D eigenvalue weighted by atomic mass is 9.82. The standard InChI is InChI=1S/C55H42N2/c1-55(2)47-28-10-6-22-41(47)42-35-34-39(36-48(42)55)56(52-32-14-15-33-53(52)57-50-30-12-7-23-43(50)44-24-8-13-31-51(44)57)49-29-11-9-25-45(49)46-27-17-21-38-20-16-26-40(54(38)46)37-18-4-3-5-19-37/h3-36,52-53H,1-2H3. The van der Waals surface area contributed by atoms with Crippen LogP contribution >= 0.6 is 0 Å². The van der Waals surface area contributed by atoms with Gasteiger partial charge in [0.1, 0.15) is 0 Å². The molecule has 0 saturated carbocycles. The quantitative estimate of drug-likeness (QED) is 0.165. The monoisotopic (exact) mass is 730 g/mol. The van der Waals surface area contributed by atoms with Gasteiger partial charge in [0.05, 0.1) is 12.1 Å². The third-order valence-corrected chi connectivity index (χ3v) is 12.6. The van der Waals surface area contributed by atoms with E-state index in [1.807, 2.05) is 0 Å². The average Bonchev–Trinajstić information content (AvgIpc) is 3.72. The van der Waals surface area contributed by atoms with Gasteiger partial charge in [0.2, 0.25) is 0 Å². The predicted octanol–water partition coefficient (Wildman–Crippen LogP) is 14.5. The van der Waals surface area contributed by atoms with Gasteiger partial charge in [0.15, 0.2) is 0 Å². The molecule has 9 aromatic rings. The Morgan fingerprint density at radius 1 is 0.474 bits per heavy atom. The Kier molecular flexibility index (Phi) is 7.69. The van der Waals surface area contributed by atoms with Crippen molar-refractivity contribution in [2.45, 2.75) is 31.3 Å². The van der Waals surface area contributed by atoms with Gasteiger partial charge in [-0.2, -0.15) is 0 Å². The van der Waals surface area contributed by atoms with E-state index < -0.39 is 0 Å². The van der Waals surface area contributed by atoms with E-state index in [4.69, 9.17) is 0 Å². The zero-order valence-electron chi connectivity index (χ0n) is 32.2. The maximum Gasteiger partial charge on any atom is 0.0769 e. The summed E-state index contributed by atoms with van der Waals surface area (Å²) in [6, 6.07) is 67.3. The second kappa shape index (κ2) is 13.1. The van der Waals surface area contributed by atoms with Gasteiger partial charge < -0.3 is 9.47 Å². The molecule has 0 fully saturated rings. The van der Waals surface area contributed by atoms with Crippen LogP contribution in [-0.4, -0.2) is 10.6 Å². The van der Waals surface area contributed by atoms with E-state index in [-0.39, 0.29) is 17.5 Å². The summed E-state index contributed by atoms with van der Waals surface area (Å²) in [5.41, 5.74) is 15.0. The van der Waals surface area contributed by atoms with Crippen LogP contribution in [-0.2, 0) is 5.41 Å². The molecule has 2 unspecified atom stereocenters. The fourth-order valence-corrected chi connectivity index (χ4v) is 9.98. The van der Waals surface area contributed by atoms with Crippen LogP contribution in [0.3, 0.4) is 0 Å². The van der Waals surface area contributed by atoms with Crippen LogP contribution in [0.4, 0.5) is 11.4 Å². The number of hydrogen-bond acceptors (Lipinski definition) is 1. The average molecular weight is 731 g/mol. The van der Waals surface area contributed by atoms with E-state index in [1.165, 1.54) is 88.5 Å². The Morgan fingerprint density at radius 3 is 1.84 bits per heavy atom. The van der Waals surface area contributed by atoms with E-state index in [2.05, 4.69) is 230 Å². The molecular formula is C55H42N2. The summed E-state index contributed by atoms with van der Waals surface area (Å²) in [7, 11) is 0. The second-order valence-electron chi connectivity index (χ2n) is 16.0. The lowest BCUT2D eigenvalue weighted by Crippen LogP contribution is -2.38. The molecule has 0 radical (unpaired) electrons. The molecule has 0 aliphatic heterocycles. The molecular weight excluding hydrogens is 689 g/mol. The fourth-order valence-electron chi connectivity index (χ4n) is 9.98. The number of rotatable bonds is 6. The number of hydrogen-bond donors (Lipinski definition) is 0. The normalized spacial score (nSPS) is 16.6. The Hall–Kier alpha value is -6.90. The van der Waals surface area contributed by atoms with E-state index in [0.29, 0.717) is 0 Å². The lowest BCUT2D eigenvalue weighted by molar-refractivity contribution is 0.559. The molecule has 2 nitrogen and oxygen atoms in total. The van der Waals surface area contributed by atoms with Crippen molar-refractivity contribution in [3.8, 4) is 33.4 Å². The highest BCUT2D eigenvalue weighted by molar-refractivity contribution is 6.09. The van der Waals surface area contributed by atoms with Crippen molar-refractivity contribution in [1.29, 1.82) is 0 Å². The van der Waals surface area contributed by atoms with Gasteiger partial charge in [-0.25, -0.2) is 0 Å². The Bertz CT molecular complexity index is 3010. The number of anilines is 2. The minimum Gasteiger partial charge on any atom is -0.332 e. The van der Waals surface area contributed by atoms with Gasteiger partial charge in [0, 0.05) is 44.2 Å². The van der Waals surface area contributed by atoms with Crippen molar-refractivity contribution >= 4 is 44.0 Å². The van der Waals surface area contributed by atoms with Gasteiger partial charge in [-0.3, -0.25) is 0 Å². The summed E-state index contributed by atoms with van der Waals surface area (Å²) in [6.07, 6.45) is 9.28. The zero-order chi connectivity index (χ0) is 38.1. The van der Waals surface area contributed by atoms with Crippen LogP contribution in [0.2, 0.25) is 0 Å². The summed E-state index contributed by atoms with van der Waals surface area (Å²) >= 11 is 0. The molecule has 1 aromatic heterocycles. The number of benzene rings is 8. The highest BCUT2D eigenvalue weighted by atomic mass is 15.2. The van der Waals surface area contributed by atoms with E-state index in [9.17, 15) is 0 Å². The topological polar surface area (TPSA) is 8.17 Å². The Morgan fingerprint density at radius 2 is 1.07 bits per heavy atom. The smallest absolute Gasteiger partial charge is 0.0769 e. The first-order valence-electron chi connectivity index (χ1n) is 20.1. The molecule has 11 rings (SSSR count). The predicted molar refractivity (Wildman–Crippen MR) is 242 cm³/mol. The van der Waals surface area contributed by atoms with Crippen LogP contribution < -0.4 is 4.90 Å². The van der Waals surface area contributed by atoms with Crippen molar-refractivity contribution in [3.05, 3.63) is 217 Å². The summed E-state index contributed by atoms with van der Waals surface area (Å²) in [5.74, 6) is 0. The number of allylic oxidation sites excluding steroid dienone is 2. The van der Waals surface area contributed by atoms with Gasteiger partial charge >= 0.3 is 0 Å². The van der Waals surface area contributed by atoms with Crippen LogP contribution in [0.5, 0.6) is 0 Å². The highest BCUT2D eigenvalue weighted by Gasteiger charge is 2.37.